The van der Waals surface area contributed by atoms with Gasteiger partial charge in [-0.15, -0.1) is 0 Å². The Kier molecular flexibility index (Phi) is 3.64. The van der Waals surface area contributed by atoms with Crippen LogP contribution in [0, 0.1) is 6.92 Å². The monoisotopic (exact) mass is 285 g/mol. The van der Waals surface area contributed by atoms with Gasteiger partial charge in [0.2, 0.25) is 0 Å². The molecule has 110 valence electrons. The zero-order chi connectivity index (χ0) is 14.8. The summed E-state index contributed by atoms with van der Waals surface area (Å²) in [4.78, 5) is 9.25. The molecule has 1 aromatic heterocycles. The Morgan fingerprint density at radius 2 is 1.90 bits per heavy atom. The van der Waals surface area contributed by atoms with Crippen LogP contribution in [-0.4, -0.2) is 30.2 Å². The molecule has 0 fully saturated rings. The van der Waals surface area contributed by atoms with Crippen molar-refractivity contribution < 1.29 is 9.47 Å². The predicted octanol–water partition coefficient (Wildman–Crippen LogP) is 2.83. The van der Waals surface area contributed by atoms with Crippen LogP contribution in [0.1, 0.15) is 18.2 Å². The predicted molar refractivity (Wildman–Crippen MR) is 82.1 cm³/mol. The number of nitrogens with zero attached hydrogens (tertiary/aromatic N) is 2. The number of hydrogen-bond donors (Lipinski definition) is 1. The fourth-order valence-corrected chi connectivity index (χ4v) is 2.54. The van der Waals surface area contributed by atoms with E-state index in [1.165, 1.54) is 0 Å². The van der Waals surface area contributed by atoms with Crippen molar-refractivity contribution in [3.8, 4) is 22.9 Å². The van der Waals surface area contributed by atoms with Crippen molar-refractivity contribution in [2.45, 2.75) is 20.3 Å². The number of aromatic nitrogens is 2. The van der Waals surface area contributed by atoms with E-state index in [9.17, 15) is 0 Å². The molecule has 2 aromatic rings. The van der Waals surface area contributed by atoms with Gasteiger partial charge < -0.3 is 14.8 Å². The van der Waals surface area contributed by atoms with Crippen LogP contribution in [-0.2, 0) is 6.42 Å². The zero-order valence-corrected chi connectivity index (χ0v) is 12.6. The van der Waals surface area contributed by atoms with Gasteiger partial charge in [0, 0.05) is 23.9 Å². The molecule has 5 nitrogen and oxygen atoms in total. The first-order valence-electron chi connectivity index (χ1n) is 7.18. The Morgan fingerprint density at radius 3 is 2.62 bits per heavy atom. The summed E-state index contributed by atoms with van der Waals surface area (Å²) in [5, 5.41) is 3.15. The van der Waals surface area contributed by atoms with Gasteiger partial charge in [-0.1, -0.05) is 6.92 Å². The Labute approximate surface area is 124 Å². The molecule has 0 saturated heterocycles. The molecule has 21 heavy (non-hydrogen) atoms. The van der Waals surface area contributed by atoms with Gasteiger partial charge in [-0.05, 0) is 31.5 Å². The highest BCUT2D eigenvalue weighted by molar-refractivity contribution is 5.64. The summed E-state index contributed by atoms with van der Waals surface area (Å²) in [7, 11) is 1.88. The van der Waals surface area contributed by atoms with Crippen LogP contribution in [0.5, 0.6) is 11.5 Å². The lowest BCUT2D eigenvalue weighted by Crippen LogP contribution is -2.15. The number of hydrogen-bond acceptors (Lipinski definition) is 5. The van der Waals surface area contributed by atoms with Crippen LogP contribution in [0.2, 0.25) is 0 Å². The molecule has 1 N–H and O–H groups in total. The number of fused-ring (bicyclic) bond motifs is 1. The number of ether oxygens (including phenoxy) is 2. The molecule has 0 amide bonds. The molecule has 0 aliphatic carbocycles. The highest BCUT2D eigenvalue weighted by atomic mass is 16.6. The summed E-state index contributed by atoms with van der Waals surface area (Å²) in [5.41, 5.74) is 3.09. The van der Waals surface area contributed by atoms with Gasteiger partial charge in [-0.3, -0.25) is 0 Å². The van der Waals surface area contributed by atoms with Gasteiger partial charge in [0.1, 0.15) is 19.0 Å². The highest BCUT2D eigenvalue weighted by Crippen LogP contribution is 2.34. The standard InChI is InChI=1S/C16H19N3O2/c1-4-12-10(2)18-15(19-16(12)17-3)11-5-6-13-14(9-11)21-8-7-20-13/h5-6,9H,4,7-8H2,1-3H3,(H,17,18,19). The average Bonchev–Trinajstić information content (AvgIpc) is 2.53. The minimum absolute atomic E-state index is 0.576. The highest BCUT2D eigenvalue weighted by Gasteiger charge is 2.15. The van der Waals surface area contributed by atoms with E-state index in [0.717, 1.165) is 40.6 Å². The fraction of sp³-hybridized carbons (Fsp3) is 0.375. The average molecular weight is 285 g/mol. The van der Waals surface area contributed by atoms with E-state index in [2.05, 4.69) is 22.2 Å². The fourth-order valence-electron chi connectivity index (χ4n) is 2.54. The van der Waals surface area contributed by atoms with E-state index in [1.54, 1.807) is 0 Å². The second-order valence-corrected chi connectivity index (χ2v) is 4.92. The second-order valence-electron chi connectivity index (χ2n) is 4.92. The number of nitrogens with one attached hydrogen (secondary N) is 1. The van der Waals surface area contributed by atoms with Gasteiger partial charge in [0.15, 0.2) is 17.3 Å². The third kappa shape index (κ3) is 2.51. The second kappa shape index (κ2) is 5.60. The third-order valence-electron chi connectivity index (χ3n) is 3.60. The van der Waals surface area contributed by atoms with Crippen molar-refractivity contribution in [2.24, 2.45) is 0 Å². The number of aryl methyl sites for hydroxylation is 1. The van der Waals surface area contributed by atoms with Gasteiger partial charge >= 0.3 is 0 Å². The topological polar surface area (TPSA) is 56.3 Å². The van der Waals surface area contributed by atoms with Crippen molar-refractivity contribution in [2.75, 3.05) is 25.6 Å². The molecule has 3 rings (SSSR count). The van der Waals surface area contributed by atoms with Crippen molar-refractivity contribution in [3.05, 3.63) is 29.5 Å². The Hall–Kier alpha value is -2.30. The summed E-state index contributed by atoms with van der Waals surface area (Å²) in [6.07, 6.45) is 0.906. The van der Waals surface area contributed by atoms with Crippen molar-refractivity contribution in [3.63, 3.8) is 0 Å². The maximum absolute atomic E-state index is 5.62. The molecular weight excluding hydrogens is 266 g/mol. The van der Waals surface area contributed by atoms with Crippen LogP contribution < -0.4 is 14.8 Å². The Bertz CT molecular complexity index is 671. The zero-order valence-electron chi connectivity index (χ0n) is 12.6. The number of anilines is 1. The van der Waals surface area contributed by atoms with E-state index < -0.39 is 0 Å². The van der Waals surface area contributed by atoms with E-state index in [0.29, 0.717) is 19.0 Å². The molecule has 1 aromatic carbocycles. The van der Waals surface area contributed by atoms with E-state index in [-0.39, 0.29) is 0 Å². The minimum atomic E-state index is 0.576. The van der Waals surface area contributed by atoms with Crippen molar-refractivity contribution in [1.82, 2.24) is 9.97 Å². The smallest absolute Gasteiger partial charge is 0.162 e. The van der Waals surface area contributed by atoms with Crippen LogP contribution in [0.25, 0.3) is 11.4 Å². The van der Waals surface area contributed by atoms with Gasteiger partial charge in [-0.2, -0.15) is 0 Å². The molecule has 1 aliphatic rings. The summed E-state index contributed by atoms with van der Waals surface area (Å²) >= 11 is 0. The van der Waals surface area contributed by atoms with Gasteiger partial charge in [-0.25, -0.2) is 9.97 Å². The molecule has 2 heterocycles. The van der Waals surface area contributed by atoms with Crippen molar-refractivity contribution >= 4 is 5.82 Å². The summed E-state index contributed by atoms with van der Waals surface area (Å²) in [6.45, 7) is 5.29. The number of rotatable bonds is 3. The molecule has 0 unspecified atom stereocenters. The van der Waals surface area contributed by atoms with Crippen LogP contribution >= 0.6 is 0 Å². The SMILES string of the molecule is CCc1c(C)nc(-c2ccc3c(c2)OCCO3)nc1NC. The molecule has 0 radical (unpaired) electrons. The van der Waals surface area contributed by atoms with E-state index in [1.807, 2.05) is 32.2 Å². The van der Waals surface area contributed by atoms with E-state index >= 15 is 0 Å². The normalized spacial score (nSPS) is 13.1. The maximum Gasteiger partial charge on any atom is 0.162 e. The molecule has 1 aliphatic heterocycles. The first-order valence-corrected chi connectivity index (χ1v) is 7.18. The lowest BCUT2D eigenvalue weighted by atomic mass is 10.1. The van der Waals surface area contributed by atoms with Gasteiger partial charge in [0.05, 0.1) is 0 Å². The number of benzene rings is 1. The first-order chi connectivity index (χ1) is 10.2. The first kappa shape index (κ1) is 13.7. The minimum Gasteiger partial charge on any atom is -0.486 e. The Morgan fingerprint density at radius 1 is 1.14 bits per heavy atom. The molecule has 0 bridgehead atoms. The molecule has 0 atom stereocenters. The molecule has 5 heteroatoms. The molecular formula is C16H19N3O2. The van der Waals surface area contributed by atoms with Gasteiger partial charge in [0.25, 0.3) is 0 Å². The lowest BCUT2D eigenvalue weighted by molar-refractivity contribution is 0.171. The molecule has 0 saturated carbocycles. The molecule has 0 spiro atoms. The third-order valence-corrected chi connectivity index (χ3v) is 3.60. The van der Waals surface area contributed by atoms with E-state index in [4.69, 9.17) is 9.47 Å². The van der Waals surface area contributed by atoms with Crippen molar-refractivity contribution in [1.29, 1.82) is 0 Å². The lowest BCUT2D eigenvalue weighted by Gasteiger charge is -2.19. The summed E-state index contributed by atoms with van der Waals surface area (Å²) in [6, 6.07) is 5.82. The quantitative estimate of drug-likeness (QED) is 0.939. The van der Waals surface area contributed by atoms with Crippen LogP contribution in [0.15, 0.2) is 18.2 Å². The Balaban J connectivity index is 2.06. The maximum atomic E-state index is 5.62. The summed E-state index contributed by atoms with van der Waals surface area (Å²) in [5.74, 6) is 3.12. The largest absolute Gasteiger partial charge is 0.486 e. The summed E-state index contributed by atoms with van der Waals surface area (Å²) < 4.78 is 11.2. The van der Waals surface area contributed by atoms with Crippen LogP contribution in [0.4, 0.5) is 5.82 Å². The van der Waals surface area contributed by atoms with Crippen LogP contribution in [0.3, 0.4) is 0 Å².